The van der Waals surface area contributed by atoms with E-state index < -0.39 is 17.8 Å². The van der Waals surface area contributed by atoms with E-state index in [0.29, 0.717) is 10.8 Å². The third kappa shape index (κ3) is 4.61. The van der Waals surface area contributed by atoms with Gasteiger partial charge in [0.25, 0.3) is 5.91 Å². The minimum atomic E-state index is -0.674. The predicted molar refractivity (Wildman–Crippen MR) is 109 cm³/mol. The molecule has 156 valence electrons. The molecule has 0 spiro atoms. The van der Waals surface area contributed by atoms with Crippen molar-refractivity contribution in [1.29, 1.82) is 0 Å². The second-order valence-corrected chi connectivity index (χ2v) is 6.75. The van der Waals surface area contributed by atoms with E-state index in [1.54, 1.807) is 42.5 Å². The molecule has 30 heavy (non-hydrogen) atoms. The summed E-state index contributed by atoms with van der Waals surface area (Å²) in [6.07, 6.45) is 0. The number of ether oxygens (including phenoxy) is 2. The van der Waals surface area contributed by atoms with Crippen molar-refractivity contribution in [2.75, 3.05) is 32.1 Å². The maximum Gasteiger partial charge on any atom is 0.345 e. The van der Waals surface area contributed by atoms with E-state index in [4.69, 9.17) is 26.2 Å². The maximum absolute atomic E-state index is 12.7. The van der Waals surface area contributed by atoms with Gasteiger partial charge in [-0.2, -0.15) is 0 Å². The van der Waals surface area contributed by atoms with Crippen molar-refractivity contribution in [1.82, 2.24) is 4.90 Å². The molecule has 0 bridgehead atoms. The summed E-state index contributed by atoms with van der Waals surface area (Å²) in [5.74, 6) is -1.50. The fraction of sp³-hybridized carbons (Fsp3) is 0.190. The van der Waals surface area contributed by atoms with E-state index in [-0.39, 0.29) is 42.2 Å². The number of carbonyl (C=O) groups excluding carboxylic acids is 3. The molecule has 1 aliphatic rings. The van der Waals surface area contributed by atoms with Crippen molar-refractivity contribution < 1.29 is 29.0 Å². The fourth-order valence-electron chi connectivity index (χ4n) is 2.92. The van der Waals surface area contributed by atoms with Gasteiger partial charge in [0.05, 0.1) is 37.1 Å². The molecule has 0 atom stereocenters. The summed E-state index contributed by atoms with van der Waals surface area (Å²) in [4.78, 5) is 38.8. The molecular weight excluding hydrogens is 412 g/mol. The van der Waals surface area contributed by atoms with Crippen LogP contribution in [0.4, 0.5) is 5.69 Å². The number of hydrogen-bond donors (Lipinski definition) is 2. The standard InChI is InChI=1S/C21H19ClN2O6/c1-29-20(27)16-12-24(10-11-25)19(26)18(16)23-17-5-3-2-4-15(17)21(28)30-14-8-6-13(22)7-9-14/h2-9,23,25H,10-12H2,1H3. The number of para-hydroxylation sites is 1. The number of nitrogens with one attached hydrogen (secondary N) is 1. The summed E-state index contributed by atoms with van der Waals surface area (Å²) >= 11 is 5.84. The van der Waals surface area contributed by atoms with Gasteiger partial charge in [0.2, 0.25) is 0 Å². The van der Waals surface area contributed by atoms with Gasteiger partial charge in [0.15, 0.2) is 0 Å². The Morgan fingerprint density at radius 1 is 1.13 bits per heavy atom. The van der Waals surface area contributed by atoms with Gasteiger partial charge in [-0.15, -0.1) is 0 Å². The first-order valence-corrected chi connectivity index (χ1v) is 9.37. The molecule has 1 amide bonds. The Morgan fingerprint density at radius 2 is 1.83 bits per heavy atom. The van der Waals surface area contributed by atoms with E-state index in [0.717, 1.165) is 0 Å². The number of hydrogen-bond acceptors (Lipinski definition) is 7. The molecule has 8 nitrogen and oxygen atoms in total. The molecule has 2 aromatic rings. The highest BCUT2D eigenvalue weighted by atomic mass is 35.5. The van der Waals surface area contributed by atoms with Crippen molar-refractivity contribution in [2.45, 2.75) is 0 Å². The lowest BCUT2D eigenvalue weighted by Gasteiger charge is -2.16. The zero-order chi connectivity index (χ0) is 21.7. The van der Waals surface area contributed by atoms with Crippen molar-refractivity contribution in [3.8, 4) is 5.75 Å². The first kappa shape index (κ1) is 21.4. The Balaban J connectivity index is 1.89. The first-order chi connectivity index (χ1) is 14.4. The van der Waals surface area contributed by atoms with Crippen LogP contribution in [0.3, 0.4) is 0 Å². The van der Waals surface area contributed by atoms with Crippen LogP contribution in [0.2, 0.25) is 5.02 Å². The molecule has 9 heteroatoms. The van der Waals surface area contributed by atoms with Gasteiger partial charge in [-0.1, -0.05) is 23.7 Å². The number of aliphatic hydroxyl groups excluding tert-OH is 1. The van der Waals surface area contributed by atoms with Gasteiger partial charge in [-0.3, -0.25) is 4.79 Å². The molecule has 0 aromatic heterocycles. The van der Waals surface area contributed by atoms with Gasteiger partial charge in [-0.25, -0.2) is 9.59 Å². The Bertz CT molecular complexity index is 1000. The minimum absolute atomic E-state index is 0.00815. The van der Waals surface area contributed by atoms with Gasteiger partial charge in [-0.05, 0) is 36.4 Å². The molecule has 0 unspecified atom stereocenters. The highest BCUT2D eigenvalue weighted by molar-refractivity contribution is 6.30. The normalized spacial score (nSPS) is 13.4. The van der Waals surface area contributed by atoms with Crippen LogP contribution in [0.25, 0.3) is 0 Å². The van der Waals surface area contributed by atoms with Crippen LogP contribution in [-0.4, -0.2) is 54.7 Å². The SMILES string of the molecule is COC(=O)C1=C(Nc2ccccc2C(=O)Oc2ccc(Cl)cc2)C(=O)N(CCO)C1. The van der Waals surface area contributed by atoms with E-state index >= 15 is 0 Å². The maximum atomic E-state index is 12.7. The molecule has 0 aliphatic carbocycles. The molecule has 2 N–H and O–H groups in total. The molecule has 2 aromatic carbocycles. The lowest BCUT2D eigenvalue weighted by atomic mass is 10.1. The number of amides is 1. The number of esters is 2. The topological polar surface area (TPSA) is 105 Å². The van der Waals surface area contributed by atoms with Crippen molar-refractivity contribution in [3.05, 3.63) is 70.4 Å². The van der Waals surface area contributed by atoms with Crippen LogP contribution in [0.1, 0.15) is 10.4 Å². The predicted octanol–water partition coefficient (Wildman–Crippen LogP) is 2.23. The molecule has 0 fully saturated rings. The van der Waals surface area contributed by atoms with Crippen LogP contribution in [0.5, 0.6) is 5.75 Å². The number of rotatable bonds is 7. The number of nitrogens with zero attached hydrogens (tertiary/aromatic N) is 1. The highest BCUT2D eigenvalue weighted by Gasteiger charge is 2.35. The summed E-state index contributed by atoms with van der Waals surface area (Å²) in [5.41, 5.74) is 0.545. The lowest BCUT2D eigenvalue weighted by molar-refractivity contribution is -0.136. The van der Waals surface area contributed by atoms with Gasteiger partial charge < -0.3 is 24.8 Å². The van der Waals surface area contributed by atoms with Crippen LogP contribution < -0.4 is 10.1 Å². The average Bonchev–Trinajstić information content (AvgIpc) is 3.05. The third-order valence-electron chi connectivity index (χ3n) is 4.38. The molecule has 0 radical (unpaired) electrons. The van der Waals surface area contributed by atoms with Crippen LogP contribution in [0, 0.1) is 0 Å². The zero-order valence-electron chi connectivity index (χ0n) is 16.1. The van der Waals surface area contributed by atoms with Crippen molar-refractivity contribution in [2.24, 2.45) is 0 Å². The van der Waals surface area contributed by atoms with E-state index in [2.05, 4.69) is 5.32 Å². The number of halogens is 1. The van der Waals surface area contributed by atoms with E-state index in [9.17, 15) is 14.4 Å². The Hall–Kier alpha value is -3.36. The smallest absolute Gasteiger partial charge is 0.345 e. The average molecular weight is 431 g/mol. The summed E-state index contributed by atoms with van der Waals surface area (Å²) in [5, 5.41) is 12.5. The Labute approximate surface area is 177 Å². The monoisotopic (exact) mass is 430 g/mol. The molecular formula is C21H19ClN2O6. The number of methoxy groups -OCH3 is 1. The molecule has 1 heterocycles. The zero-order valence-corrected chi connectivity index (χ0v) is 16.8. The largest absolute Gasteiger partial charge is 0.466 e. The summed E-state index contributed by atoms with van der Waals surface area (Å²) in [7, 11) is 1.21. The first-order valence-electron chi connectivity index (χ1n) is 9.00. The second-order valence-electron chi connectivity index (χ2n) is 6.31. The fourth-order valence-corrected chi connectivity index (χ4v) is 3.04. The molecule has 0 saturated heterocycles. The second kappa shape index (κ2) is 9.43. The summed E-state index contributed by atoms with van der Waals surface area (Å²) in [6.45, 7) is -0.200. The van der Waals surface area contributed by atoms with Gasteiger partial charge >= 0.3 is 11.9 Å². The quantitative estimate of drug-likeness (QED) is 0.512. The van der Waals surface area contributed by atoms with E-state index in [1.807, 2.05) is 0 Å². The molecule has 3 rings (SSSR count). The Kier molecular flexibility index (Phi) is 6.71. The lowest BCUT2D eigenvalue weighted by Crippen LogP contribution is -2.31. The summed E-state index contributed by atoms with van der Waals surface area (Å²) in [6, 6.07) is 12.7. The van der Waals surface area contributed by atoms with E-state index in [1.165, 1.54) is 18.1 Å². The van der Waals surface area contributed by atoms with Gasteiger partial charge in [0, 0.05) is 11.6 Å². The summed E-state index contributed by atoms with van der Waals surface area (Å²) < 4.78 is 10.1. The third-order valence-corrected chi connectivity index (χ3v) is 4.64. The molecule has 0 saturated carbocycles. The van der Waals surface area contributed by atoms with Crippen molar-refractivity contribution in [3.63, 3.8) is 0 Å². The van der Waals surface area contributed by atoms with Crippen LogP contribution in [0.15, 0.2) is 59.8 Å². The number of carbonyl (C=O) groups is 3. The van der Waals surface area contributed by atoms with Crippen molar-refractivity contribution >= 4 is 35.1 Å². The highest BCUT2D eigenvalue weighted by Crippen LogP contribution is 2.26. The van der Waals surface area contributed by atoms with Crippen LogP contribution in [-0.2, 0) is 14.3 Å². The Morgan fingerprint density at radius 3 is 2.50 bits per heavy atom. The number of anilines is 1. The minimum Gasteiger partial charge on any atom is -0.466 e. The van der Waals surface area contributed by atoms with Gasteiger partial charge in [0.1, 0.15) is 11.4 Å². The number of benzene rings is 2. The molecule has 1 aliphatic heterocycles. The number of aliphatic hydroxyl groups is 1. The number of β-amino-alcohol motifs (C(OH)–C–C–N with tert-alkyl or cyclic N) is 1. The van der Waals surface area contributed by atoms with Crippen LogP contribution >= 0.6 is 11.6 Å².